The molecule has 3 rings (SSSR count). The fourth-order valence-electron chi connectivity index (χ4n) is 2.49. The van der Waals surface area contributed by atoms with E-state index in [9.17, 15) is 4.79 Å². The number of rotatable bonds is 5. The van der Waals surface area contributed by atoms with E-state index in [1.165, 1.54) is 7.11 Å². The van der Waals surface area contributed by atoms with Crippen LogP contribution in [0.5, 0.6) is 11.5 Å². The van der Waals surface area contributed by atoms with Gasteiger partial charge in [0.25, 0.3) is 5.91 Å². The van der Waals surface area contributed by atoms with Crippen molar-refractivity contribution in [1.82, 2.24) is 10.3 Å². The van der Waals surface area contributed by atoms with E-state index in [0.29, 0.717) is 17.0 Å². The van der Waals surface area contributed by atoms with Crippen molar-refractivity contribution in [1.29, 1.82) is 0 Å². The van der Waals surface area contributed by atoms with E-state index in [1.807, 2.05) is 25.1 Å². The van der Waals surface area contributed by atoms with E-state index in [0.717, 1.165) is 16.9 Å². The van der Waals surface area contributed by atoms with Crippen LogP contribution in [0.25, 0.3) is 11.3 Å². The SMILES string of the molecule is COc1ccc(-c2nonc2NC(=O)c2ccccc2OC)cc1C. The molecule has 2 aromatic carbocycles. The summed E-state index contributed by atoms with van der Waals surface area (Å²) in [6.07, 6.45) is 0. The number of benzene rings is 2. The van der Waals surface area contributed by atoms with Crippen LogP contribution in [0, 0.1) is 6.92 Å². The fraction of sp³-hybridized carbons (Fsp3) is 0.167. The summed E-state index contributed by atoms with van der Waals surface area (Å²) in [4.78, 5) is 12.5. The van der Waals surface area contributed by atoms with Crippen molar-refractivity contribution in [3.05, 3.63) is 53.6 Å². The van der Waals surface area contributed by atoms with Gasteiger partial charge in [-0.25, -0.2) is 4.63 Å². The Labute approximate surface area is 144 Å². The molecular weight excluding hydrogens is 322 g/mol. The Morgan fingerprint density at radius 2 is 1.80 bits per heavy atom. The Balaban J connectivity index is 1.89. The molecule has 0 saturated heterocycles. The maximum Gasteiger partial charge on any atom is 0.260 e. The minimum absolute atomic E-state index is 0.237. The minimum atomic E-state index is -0.361. The number of hydrogen-bond donors (Lipinski definition) is 1. The Hall–Kier alpha value is -3.35. The number of ether oxygens (including phenoxy) is 2. The van der Waals surface area contributed by atoms with Gasteiger partial charge in [0.2, 0.25) is 5.82 Å². The van der Waals surface area contributed by atoms with Crippen LogP contribution in [0.1, 0.15) is 15.9 Å². The van der Waals surface area contributed by atoms with Gasteiger partial charge in [-0.3, -0.25) is 4.79 Å². The van der Waals surface area contributed by atoms with Crippen LogP contribution in [0.4, 0.5) is 5.82 Å². The number of methoxy groups -OCH3 is 2. The van der Waals surface area contributed by atoms with Crippen LogP contribution >= 0.6 is 0 Å². The number of nitrogens with one attached hydrogen (secondary N) is 1. The molecule has 25 heavy (non-hydrogen) atoms. The number of carbonyl (C=O) groups is 1. The highest BCUT2D eigenvalue weighted by atomic mass is 16.6. The van der Waals surface area contributed by atoms with Gasteiger partial charge in [-0.05, 0) is 53.1 Å². The normalized spacial score (nSPS) is 10.4. The molecule has 0 spiro atoms. The predicted octanol–water partition coefficient (Wildman–Crippen LogP) is 3.31. The molecule has 0 aliphatic heterocycles. The van der Waals surface area contributed by atoms with Gasteiger partial charge in [-0.2, -0.15) is 0 Å². The summed E-state index contributed by atoms with van der Waals surface area (Å²) < 4.78 is 15.3. The Bertz CT molecular complexity index is 905. The second-order valence-corrected chi connectivity index (χ2v) is 5.30. The van der Waals surface area contributed by atoms with Gasteiger partial charge in [0.15, 0.2) is 5.69 Å². The second kappa shape index (κ2) is 7.04. The number of nitrogens with zero attached hydrogens (tertiary/aromatic N) is 2. The first kappa shape index (κ1) is 16.5. The molecule has 0 fully saturated rings. The molecule has 0 unspecified atom stereocenters. The van der Waals surface area contributed by atoms with Crippen LogP contribution in [-0.2, 0) is 0 Å². The second-order valence-electron chi connectivity index (χ2n) is 5.30. The van der Waals surface area contributed by atoms with Crippen molar-refractivity contribution in [3.8, 4) is 22.8 Å². The van der Waals surface area contributed by atoms with Crippen LogP contribution in [0.3, 0.4) is 0 Å². The lowest BCUT2D eigenvalue weighted by Crippen LogP contribution is -2.14. The summed E-state index contributed by atoms with van der Waals surface area (Å²) in [6, 6.07) is 12.5. The third kappa shape index (κ3) is 3.30. The zero-order chi connectivity index (χ0) is 17.8. The highest BCUT2D eigenvalue weighted by Crippen LogP contribution is 2.29. The first-order valence-corrected chi connectivity index (χ1v) is 7.56. The molecule has 0 aliphatic carbocycles. The van der Waals surface area contributed by atoms with Crippen LogP contribution < -0.4 is 14.8 Å². The highest BCUT2D eigenvalue weighted by Gasteiger charge is 2.18. The Morgan fingerprint density at radius 1 is 1.04 bits per heavy atom. The van der Waals surface area contributed by atoms with Gasteiger partial charge in [-0.15, -0.1) is 0 Å². The monoisotopic (exact) mass is 339 g/mol. The van der Waals surface area contributed by atoms with E-state index in [2.05, 4.69) is 15.6 Å². The van der Waals surface area contributed by atoms with E-state index >= 15 is 0 Å². The maximum absolute atomic E-state index is 12.5. The average Bonchev–Trinajstić information content (AvgIpc) is 3.09. The van der Waals surface area contributed by atoms with Gasteiger partial charge >= 0.3 is 0 Å². The van der Waals surface area contributed by atoms with E-state index in [-0.39, 0.29) is 11.7 Å². The lowest BCUT2D eigenvalue weighted by molar-refractivity contribution is 0.102. The van der Waals surface area contributed by atoms with E-state index < -0.39 is 0 Å². The first-order chi connectivity index (χ1) is 12.1. The molecule has 0 bridgehead atoms. The highest BCUT2D eigenvalue weighted by molar-refractivity contribution is 6.07. The van der Waals surface area contributed by atoms with Gasteiger partial charge < -0.3 is 14.8 Å². The van der Waals surface area contributed by atoms with Crippen molar-refractivity contribution in [2.45, 2.75) is 6.92 Å². The zero-order valence-electron chi connectivity index (χ0n) is 14.1. The molecule has 3 aromatic rings. The molecule has 0 aliphatic rings. The van der Waals surface area contributed by atoms with Gasteiger partial charge in [0.05, 0.1) is 19.8 Å². The third-order valence-electron chi connectivity index (χ3n) is 3.74. The lowest BCUT2D eigenvalue weighted by atomic mass is 10.1. The van der Waals surface area contributed by atoms with Crippen molar-refractivity contribution in [2.24, 2.45) is 0 Å². The standard InChI is InChI=1S/C18H17N3O4/c1-11-10-12(8-9-14(11)23-2)16-17(21-25-20-16)19-18(22)13-6-4-5-7-15(13)24-3/h4-10H,1-3H3,(H,19,21,22). The summed E-state index contributed by atoms with van der Waals surface area (Å²) in [6.45, 7) is 1.92. The van der Waals surface area contributed by atoms with Gasteiger partial charge in [0.1, 0.15) is 11.5 Å². The van der Waals surface area contributed by atoms with Gasteiger partial charge in [-0.1, -0.05) is 12.1 Å². The van der Waals surface area contributed by atoms with Crippen molar-refractivity contribution < 1.29 is 18.9 Å². The summed E-state index contributed by atoms with van der Waals surface area (Å²) in [7, 11) is 3.12. The zero-order valence-corrected chi connectivity index (χ0v) is 14.1. The Morgan fingerprint density at radius 3 is 2.52 bits per heavy atom. The molecule has 128 valence electrons. The summed E-state index contributed by atoms with van der Waals surface area (Å²) >= 11 is 0. The molecule has 7 heteroatoms. The molecular formula is C18H17N3O4. The molecule has 1 heterocycles. The number of carbonyl (C=O) groups excluding carboxylic acids is 1. The molecule has 7 nitrogen and oxygen atoms in total. The fourth-order valence-corrected chi connectivity index (χ4v) is 2.49. The largest absolute Gasteiger partial charge is 0.496 e. The van der Waals surface area contributed by atoms with Crippen molar-refractivity contribution in [2.75, 3.05) is 19.5 Å². The number of anilines is 1. The maximum atomic E-state index is 12.5. The Kier molecular flexibility index (Phi) is 4.65. The molecule has 0 radical (unpaired) electrons. The number of amides is 1. The van der Waals surface area contributed by atoms with Crippen molar-refractivity contribution in [3.63, 3.8) is 0 Å². The molecule has 1 amide bonds. The molecule has 0 atom stereocenters. The minimum Gasteiger partial charge on any atom is -0.496 e. The summed E-state index contributed by atoms with van der Waals surface area (Å²) in [5.41, 5.74) is 2.53. The number of aryl methyl sites for hydroxylation is 1. The van der Waals surface area contributed by atoms with Gasteiger partial charge in [0, 0.05) is 5.56 Å². The summed E-state index contributed by atoms with van der Waals surface area (Å²) in [5.74, 6) is 1.11. The number of aromatic nitrogens is 2. The van der Waals surface area contributed by atoms with E-state index in [1.54, 1.807) is 31.4 Å². The quantitative estimate of drug-likeness (QED) is 0.767. The smallest absolute Gasteiger partial charge is 0.260 e. The van der Waals surface area contributed by atoms with Crippen LogP contribution in [0.15, 0.2) is 47.1 Å². The van der Waals surface area contributed by atoms with Crippen LogP contribution in [-0.4, -0.2) is 30.4 Å². The van der Waals surface area contributed by atoms with E-state index in [4.69, 9.17) is 14.1 Å². The molecule has 0 saturated carbocycles. The first-order valence-electron chi connectivity index (χ1n) is 7.56. The number of para-hydroxylation sites is 1. The molecule has 1 N–H and O–H groups in total. The topological polar surface area (TPSA) is 86.5 Å². The predicted molar refractivity (Wildman–Crippen MR) is 92.0 cm³/mol. The van der Waals surface area contributed by atoms with Crippen LogP contribution in [0.2, 0.25) is 0 Å². The number of hydrogen-bond acceptors (Lipinski definition) is 6. The van der Waals surface area contributed by atoms with Crippen molar-refractivity contribution >= 4 is 11.7 Å². The third-order valence-corrected chi connectivity index (χ3v) is 3.74. The summed E-state index contributed by atoms with van der Waals surface area (Å²) in [5, 5.41) is 10.4. The average molecular weight is 339 g/mol. The molecule has 1 aromatic heterocycles. The lowest BCUT2D eigenvalue weighted by Gasteiger charge is -2.08.